The molecule has 5 atom stereocenters. The van der Waals surface area contributed by atoms with E-state index in [2.05, 4.69) is 4.74 Å². The zero-order valence-electron chi connectivity index (χ0n) is 17.4. The minimum Gasteiger partial charge on any atom is -0.748 e. The van der Waals surface area contributed by atoms with Crippen LogP contribution in [0.15, 0.2) is 18.2 Å². The number of carbonyl (C=O) groups is 1. The van der Waals surface area contributed by atoms with Gasteiger partial charge in [0.2, 0.25) is 0 Å². The molecule has 0 radical (unpaired) electrons. The summed E-state index contributed by atoms with van der Waals surface area (Å²) in [6, 6.07) is 3.15. The fourth-order valence-corrected chi connectivity index (χ4v) is 6.29. The van der Waals surface area contributed by atoms with Gasteiger partial charge in [0.05, 0.1) is 21.4 Å². The maximum atomic E-state index is 12.9. The van der Waals surface area contributed by atoms with Gasteiger partial charge >= 0.3 is 12.3 Å². The van der Waals surface area contributed by atoms with Crippen LogP contribution in [-0.2, 0) is 14.9 Å². The van der Waals surface area contributed by atoms with E-state index < -0.39 is 46.2 Å². The lowest BCUT2D eigenvalue weighted by Crippen LogP contribution is -2.43. The van der Waals surface area contributed by atoms with Gasteiger partial charge < -0.3 is 18.8 Å². The summed E-state index contributed by atoms with van der Waals surface area (Å²) >= 11 is 0. The quantitative estimate of drug-likeness (QED) is 0.434. The fraction of sp³-hybridized carbons (Fsp3) is 0.667. The van der Waals surface area contributed by atoms with Gasteiger partial charge in [-0.05, 0) is 68.6 Å². The summed E-state index contributed by atoms with van der Waals surface area (Å²) in [4.78, 5) is 12.2. The Morgan fingerprint density at radius 3 is 2.62 bits per heavy atom. The highest BCUT2D eigenvalue weighted by Gasteiger charge is 2.60. The van der Waals surface area contributed by atoms with Crippen molar-refractivity contribution in [1.82, 2.24) is 0 Å². The number of esters is 1. The Kier molecular flexibility index (Phi) is 5.85. The Balaban J connectivity index is 1.56. The van der Waals surface area contributed by atoms with Crippen LogP contribution in [0.4, 0.5) is 13.2 Å². The molecule has 5 unspecified atom stereocenters. The molecule has 0 saturated heterocycles. The molecular formula is C21H24F3O7S-. The molecule has 32 heavy (non-hydrogen) atoms. The van der Waals surface area contributed by atoms with Crippen molar-refractivity contribution < 1.29 is 45.1 Å². The molecule has 0 aromatic heterocycles. The highest BCUT2D eigenvalue weighted by molar-refractivity contribution is 7.85. The second kappa shape index (κ2) is 8.09. The molecule has 1 aromatic carbocycles. The van der Waals surface area contributed by atoms with Crippen molar-refractivity contribution in [2.45, 2.75) is 51.0 Å². The summed E-state index contributed by atoms with van der Waals surface area (Å²) in [5, 5.41) is 0. The zero-order chi connectivity index (χ0) is 23.3. The first kappa shape index (κ1) is 23.2. The van der Waals surface area contributed by atoms with Gasteiger partial charge in [0.15, 0.2) is 11.5 Å². The lowest BCUT2D eigenvalue weighted by molar-refractivity contribution is -0.275. The van der Waals surface area contributed by atoms with E-state index in [0.29, 0.717) is 17.8 Å². The number of carbonyl (C=O) groups excluding carboxylic acids is 1. The van der Waals surface area contributed by atoms with E-state index in [9.17, 15) is 30.9 Å². The number of ether oxygens (including phenoxy) is 3. The Bertz CT molecular complexity index is 994. The summed E-state index contributed by atoms with van der Waals surface area (Å²) in [7, 11) is -4.57. The summed E-state index contributed by atoms with van der Waals surface area (Å²) in [5.74, 6) is -0.828. The van der Waals surface area contributed by atoms with E-state index >= 15 is 0 Å². The van der Waals surface area contributed by atoms with Gasteiger partial charge in [-0.3, -0.25) is 0 Å². The summed E-state index contributed by atoms with van der Waals surface area (Å²) in [6.45, 7) is 1.24. The molecule has 0 N–H and O–H groups in total. The third kappa shape index (κ3) is 4.83. The molecule has 178 valence electrons. The van der Waals surface area contributed by atoms with Crippen LogP contribution in [-0.4, -0.2) is 43.3 Å². The van der Waals surface area contributed by atoms with Crippen molar-refractivity contribution in [3.05, 3.63) is 23.8 Å². The van der Waals surface area contributed by atoms with Gasteiger partial charge in [-0.2, -0.15) is 0 Å². The van der Waals surface area contributed by atoms with E-state index in [1.807, 2.05) is 6.92 Å². The molecule has 3 fully saturated rings. The second-order valence-corrected chi connectivity index (χ2v) is 10.6. The zero-order valence-corrected chi connectivity index (χ0v) is 18.2. The van der Waals surface area contributed by atoms with Crippen molar-refractivity contribution in [2.75, 3.05) is 12.4 Å². The minimum absolute atomic E-state index is 0.136. The van der Waals surface area contributed by atoms with E-state index in [-0.39, 0.29) is 17.2 Å². The van der Waals surface area contributed by atoms with Crippen LogP contribution in [0.2, 0.25) is 0 Å². The Hall–Kier alpha value is -2.01. The van der Waals surface area contributed by atoms with Crippen molar-refractivity contribution in [2.24, 2.45) is 23.7 Å². The van der Waals surface area contributed by atoms with Crippen LogP contribution in [0.1, 0.15) is 49.4 Å². The molecule has 3 aliphatic rings. The standard InChI is InChI=1S/C21H25F3O7S/c1-20(11-13-9-16(20)15-4-2-3-14(13)15)30-18-10-12(5-6-17(18)31-21(22,23)24)19(25)29-7-8-32(26,27)28/h5-6,10,13-16H,2-4,7-9,11H2,1H3,(H,26,27,28)/p-1. The van der Waals surface area contributed by atoms with Gasteiger partial charge in [0.1, 0.15) is 12.2 Å². The summed E-state index contributed by atoms with van der Waals surface area (Å²) < 4.78 is 85.8. The van der Waals surface area contributed by atoms with E-state index in [1.54, 1.807) is 0 Å². The SMILES string of the molecule is CC1(Oc2cc(C(=O)OCCS(=O)(=O)[O-])ccc2OC(F)(F)F)CC2CC1C1CCCC21. The number of halogens is 3. The summed E-state index contributed by atoms with van der Waals surface area (Å²) in [5.41, 5.74) is -0.817. The number of fused-ring (bicyclic) bond motifs is 5. The predicted octanol–water partition coefficient (Wildman–Crippen LogP) is 3.88. The molecule has 11 heteroatoms. The topological polar surface area (TPSA) is 102 Å². The monoisotopic (exact) mass is 477 g/mol. The molecule has 1 aromatic rings. The van der Waals surface area contributed by atoms with Crippen LogP contribution < -0.4 is 9.47 Å². The largest absolute Gasteiger partial charge is 0.748 e. The molecule has 7 nitrogen and oxygen atoms in total. The molecule has 3 saturated carbocycles. The first-order chi connectivity index (χ1) is 14.8. The molecule has 2 bridgehead atoms. The molecule has 0 aliphatic heterocycles. The van der Waals surface area contributed by atoms with E-state index in [0.717, 1.165) is 43.9 Å². The molecule has 4 rings (SSSR count). The van der Waals surface area contributed by atoms with Crippen molar-refractivity contribution in [1.29, 1.82) is 0 Å². The summed E-state index contributed by atoms with van der Waals surface area (Å²) in [6.07, 6.45) is 0.180. The van der Waals surface area contributed by atoms with Crippen LogP contribution in [0.25, 0.3) is 0 Å². The number of benzene rings is 1. The van der Waals surface area contributed by atoms with Crippen molar-refractivity contribution >= 4 is 16.1 Å². The van der Waals surface area contributed by atoms with Crippen molar-refractivity contribution in [3.63, 3.8) is 0 Å². The van der Waals surface area contributed by atoms with Gasteiger partial charge in [-0.1, -0.05) is 6.42 Å². The molecule has 0 amide bonds. The van der Waals surface area contributed by atoms with Gasteiger partial charge in [0, 0.05) is 5.92 Å². The third-order valence-electron chi connectivity index (χ3n) is 7.07. The first-order valence-electron chi connectivity index (χ1n) is 10.5. The third-order valence-corrected chi connectivity index (χ3v) is 7.74. The minimum atomic E-state index is -4.95. The Morgan fingerprint density at radius 2 is 1.94 bits per heavy atom. The second-order valence-electron chi connectivity index (χ2n) is 9.09. The number of alkyl halides is 3. The normalized spacial score (nSPS) is 31.4. The fourth-order valence-electron chi connectivity index (χ4n) is 6.00. The number of hydrogen-bond acceptors (Lipinski definition) is 7. The average molecular weight is 477 g/mol. The van der Waals surface area contributed by atoms with Crippen LogP contribution in [0.5, 0.6) is 11.5 Å². The van der Waals surface area contributed by atoms with E-state index in [4.69, 9.17) is 9.47 Å². The highest BCUT2D eigenvalue weighted by Crippen LogP contribution is 2.63. The lowest BCUT2D eigenvalue weighted by atomic mass is 9.73. The van der Waals surface area contributed by atoms with Gasteiger partial charge in [-0.15, -0.1) is 13.2 Å². The molecule has 0 spiro atoms. The van der Waals surface area contributed by atoms with Crippen LogP contribution >= 0.6 is 0 Å². The smallest absolute Gasteiger partial charge is 0.573 e. The average Bonchev–Trinajstić information content (AvgIpc) is 3.32. The molecule has 3 aliphatic carbocycles. The Labute approximate surface area is 184 Å². The van der Waals surface area contributed by atoms with Crippen LogP contribution in [0, 0.1) is 23.7 Å². The Morgan fingerprint density at radius 1 is 1.22 bits per heavy atom. The predicted molar refractivity (Wildman–Crippen MR) is 104 cm³/mol. The molecular weight excluding hydrogens is 453 g/mol. The van der Waals surface area contributed by atoms with Gasteiger partial charge in [-0.25, -0.2) is 13.2 Å². The lowest BCUT2D eigenvalue weighted by Gasteiger charge is -2.40. The molecule has 0 heterocycles. The number of hydrogen-bond donors (Lipinski definition) is 0. The maximum absolute atomic E-state index is 12.9. The maximum Gasteiger partial charge on any atom is 0.573 e. The van der Waals surface area contributed by atoms with Crippen molar-refractivity contribution in [3.8, 4) is 11.5 Å². The van der Waals surface area contributed by atoms with E-state index in [1.165, 1.54) is 6.42 Å². The first-order valence-corrected chi connectivity index (χ1v) is 12.1. The highest BCUT2D eigenvalue weighted by atomic mass is 32.2. The van der Waals surface area contributed by atoms with Gasteiger partial charge in [0.25, 0.3) is 0 Å². The number of rotatable bonds is 7. The van der Waals surface area contributed by atoms with Crippen LogP contribution in [0.3, 0.4) is 0 Å².